The minimum absolute atomic E-state index is 0.228. The van der Waals surface area contributed by atoms with E-state index in [4.69, 9.17) is 5.11 Å². The Labute approximate surface area is 73.9 Å². The van der Waals surface area contributed by atoms with Crippen LogP contribution in [0.15, 0.2) is 0 Å². The summed E-state index contributed by atoms with van der Waals surface area (Å²) in [6.07, 6.45) is -4.67. The zero-order chi connectivity index (χ0) is 10.7. The predicted molar refractivity (Wildman–Crippen MR) is 40.0 cm³/mol. The summed E-state index contributed by atoms with van der Waals surface area (Å²) in [6, 6.07) is 0. The number of halogens is 3. The minimum atomic E-state index is -4.90. The molecule has 1 amide bonds. The van der Waals surface area contributed by atoms with Gasteiger partial charge in [0.15, 0.2) is 0 Å². The molecule has 0 aliphatic carbocycles. The van der Waals surface area contributed by atoms with Crippen LogP contribution in [0, 0.1) is 0 Å². The second-order valence-corrected chi connectivity index (χ2v) is 3.02. The van der Waals surface area contributed by atoms with Crippen molar-refractivity contribution >= 4 is 5.91 Å². The van der Waals surface area contributed by atoms with Crippen molar-refractivity contribution in [2.75, 3.05) is 6.61 Å². The zero-order valence-electron chi connectivity index (χ0n) is 7.40. The molecule has 13 heavy (non-hydrogen) atoms. The largest absolute Gasteiger partial charge is 0.471 e. The lowest BCUT2D eigenvalue weighted by Crippen LogP contribution is -2.52. The molecule has 0 saturated carbocycles. The van der Waals surface area contributed by atoms with E-state index < -0.39 is 24.2 Å². The lowest BCUT2D eigenvalue weighted by atomic mass is 10.0. The first-order valence-electron chi connectivity index (χ1n) is 3.75. The van der Waals surface area contributed by atoms with Crippen molar-refractivity contribution in [3.05, 3.63) is 0 Å². The summed E-state index contributed by atoms with van der Waals surface area (Å²) in [4.78, 5) is 10.5. The summed E-state index contributed by atoms with van der Waals surface area (Å²) in [5, 5.41) is 10.4. The first-order valence-corrected chi connectivity index (χ1v) is 3.75. The van der Waals surface area contributed by atoms with Gasteiger partial charge >= 0.3 is 12.1 Å². The predicted octanol–water partition coefficient (Wildman–Crippen LogP) is 0.826. The highest BCUT2D eigenvalue weighted by Gasteiger charge is 2.41. The Kier molecular flexibility index (Phi) is 3.71. The Bertz CT molecular complexity index is 187. The Morgan fingerprint density at radius 3 is 2.15 bits per heavy atom. The van der Waals surface area contributed by atoms with Gasteiger partial charge in [-0.3, -0.25) is 4.79 Å². The molecule has 1 unspecified atom stereocenters. The molecule has 0 aliphatic rings. The van der Waals surface area contributed by atoms with Gasteiger partial charge < -0.3 is 10.4 Å². The Balaban J connectivity index is 4.35. The molecule has 0 saturated heterocycles. The molecular weight excluding hydrogens is 187 g/mol. The number of aliphatic hydroxyl groups is 1. The summed E-state index contributed by atoms with van der Waals surface area (Å²) >= 11 is 0. The molecule has 0 bridgehead atoms. The van der Waals surface area contributed by atoms with Gasteiger partial charge in [-0.15, -0.1) is 0 Å². The molecule has 0 aromatic carbocycles. The highest BCUT2D eigenvalue weighted by Crippen LogP contribution is 2.17. The van der Waals surface area contributed by atoms with E-state index in [1.807, 2.05) is 0 Å². The van der Waals surface area contributed by atoms with Gasteiger partial charge in [0.05, 0.1) is 12.1 Å². The van der Waals surface area contributed by atoms with E-state index in [9.17, 15) is 18.0 Å². The van der Waals surface area contributed by atoms with Crippen molar-refractivity contribution in [2.45, 2.75) is 32.0 Å². The van der Waals surface area contributed by atoms with Crippen molar-refractivity contribution < 1.29 is 23.1 Å². The third-order valence-corrected chi connectivity index (χ3v) is 1.80. The SMILES string of the molecule is CCC(C)(CO)NC(=O)C(F)(F)F. The maximum Gasteiger partial charge on any atom is 0.471 e. The van der Waals surface area contributed by atoms with E-state index in [0.29, 0.717) is 0 Å². The van der Waals surface area contributed by atoms with Crippen molar-refractivity contribution in [1.82, 2.24) is 5.32 Å². The number of carbonyl (C=O) groups is 1. The number of amides is 1. The average Bonchev–Trinajstić information content (AvgIpc) is 2.02. The molecule has 3 nitrogen and oxygen atoms in total. The number of nitrogens with one attached hydrogen (secondary N) is 1. The molecular formula is C7H12F3NO2. The van der Waals surface area contributed by atoms with Crippen LogP contribution in [0.2, 0.25) is 0 Å². The lowest BCUT2D eigenvalue weighted by molar-refractivity contribution is -0.176. The van der Waals surface area contributed by atoms with Gasteiger partial charge in [0.1, 0.15) is 0 Å². The number of alkyl halides is 3. The Morgan fingerprint density at radius 2 is 1.92 bits per heavy atom. The van der Waals surface area contributed by atoms with Crippen LogP contribution in [0.4, 0.5) is 13.2 Å². The van der Waals surface area contributed by atoms with Crippen molar-refractivity contribution in [2.24, 2.45) is 0 Å². The fraction of sp³-hybridized carbons (Fsp3) is 0.857. The van der Waals surface area contributed by atoms with E-state index in [1.54, 1.807) is 12.2 Å². The van der Waals surface area contributed by atoms with Crippen LogP contribution in [0.3, 0.4) is 0 Å². The van der Waals surface area contributed by atoms with Crippen LogP contribution >= 0.6 is 0 Å². The fourth-order valence-corrected chi connectivity index (χ4v) is 0.585. The smallest absolute Gasteiger partial charge is 0.394 e. The molecule has 0 rings (SSSR count). The van der Waals surface area contributed by atoms with Crippen LogP contribution < -0.4 is 5.32 Å². The number of hydrogen-bond donors (Lipinski definition) is 2. The quantitative estimate of drug-likeness (QED) is 0.707. The molecule has 0 aliphatic heterocycles. The van der Waals surface area contributed by atoms with E-state index >= 15 is 0 Å². The first-order chi connectivity index (χ1) is 5.75. The second kappa shape index (κ2) is 3.95. The van der Waals surface area contributed by atoms with E-state index in [-0.39, 0.29) is 6.42 Å². The van der Waals surface area contributed by atoms with E-state index in [1.165, 1.54) is 6.92 Å². The number of aliphatic hydroxyl groups excluding tert-OH is 1. The normalized spacial score (nSPS) is 16.5. The molecule has 0 fully saturated rings. The fourth-order valence-electron chi connectivity index (χ4n) is 0.585. The number of carbonyl (C=O) groups excluding carboxylic acids is 1. The Hall–Kier alpha value is -0.780. The molecule has 0 heterocycles. The summed E-state index contributed by atoms with van der Waals surface area (Å²) < 4.78 is 35.3. The first kappa shape index (κ1) is 12.2. The molecule has 2 N–H and O–H groups in total. The number of hydrogen-bond acceptors (Lipinski definition) is 2. The topological polar surface area (TPSA) is 49.3 Å². The number of rotatable bonds is 3. The van der Waals surface area contributed by atoms with Crippen LogP contribution in [0.25, 0.3) is 0 Å². The highest BCUT2D eigenvalue weighted by molar-refractivity contribution is 5.82. The molecule has 78 valence electrons. The highest BCUT2D eigenvalue weighted by atomic mass is 19.4. The molecule has 0 aromatic heterocycles. The molecule has 0 aromatic rings. The summed E-state index contributed by atoms with van der Waals surface area (Å²) in [5.41, 5.74) is -1.20. The van der Waals surface area contributed by atoms with Gasteiger partial charge in [0.2, 0.25) is 0 Å². The van der Waals surface area contributed by atoms with Gasteiger partial charge in [-0.2, -0.15) is 13.2 Å². The van der Waals surface area contributed by atoms with Gasteiger partial charge in [0, 0.05) is 0 Å². The van der Waals surface area contributed by atoms with Crippen LogP contribution in [-0.4, -0.2) is 29.3 Å². The second-order valence-electron chi connectivity index (χ2n) is 3.02. The van der Waals surface area contributed by atoms with Gasteiger partial charge in [-0.1, -0.05) is 6.92 Å². The maximum absolute atomic E-state index is 11.8. The van der Waals surface area contributed by atoms with Crippen molar-refractivity contribution in [3.8, 4) is 0 Å². The zero-order valence-corrected chi connectivity index (χ0v) is 7.40. The van der Waals surface area contributed by atoms with Gasteiger partial charge in [0.25, 0.3) is 0 Å². The molecule has 6 heteroatoms. The molecule has 1 atom stereocenters. The molecule has 0 radical (unpaired) electrons. The van der Waals surface area contributed by atoms with Crippen LogP contribution in [-0.2, 0) is 4.79 Å². The third-order valence-electron chi connectivity index (χ3n) is 1.80. The van der Waals surface area contributed by atoms with Crippen LogP contribution in [0.1, 0.15) is 20.3 Å². The lowest BCUT2D eigenvalue weighted by Gasteiger charge is -2.27. The van der Waals surface area contributed by atoms with Crippen molar-refractivity contribution in [3.63, 3.8) is 0 Å². The standard InChI is InChI=1S/C7H12F3NO2/c1-3-6(2,4-12)11-5(13)7(8,9)10/h12H,3-4H2,1-2H3,(H,11,13). The monoisotopic (exact) mass is 199 g/mol. The van der Waals surface area contributed by atoms with Gasteiger partial charge in [-0.05, 0) is 13.3 Å². The van der Waals surface area contributed by atoms with Gasteiger partial charge in [-0.25, -0.2) is 0 Å². The Morgan fingerprint density at radius 1 is 1.46 bits per heavy atom. The summed E-state index contributed by atoms with van der Waals surface area (Å²) in [6.45, 7) is 2.40. The van der Waals surface area contributed by atoms with Crippen molar-refractivity contribution in [1.29, 1.82) is 0 Å². The van der Waals surface area contributed by atoms with Crippen LogP contribution in [0.5, 0.6) is 0 Å². The van der Waals surface area contributed by atoms with E-state index in [2.05, 4.69) is 0 Å². The third kappa shape index (κ3) is 3.63. The summed E-state index contributed by atoms with van der Waals surface area (Å²) in [7, 11) is 0. The summed E-state index contributed by atoms with van der Waals surface area (Å²) in [5.74, 6) is -2.02. The minimum Gasteiger partial charge on any atom is -0.394 e. The maximum atomic E-state index is 11.8. The average molecular weight is 199 g/mol. The van der Waals surface area contributed by atoms with E-state index in [0.717, 1.165) is 0 Å². The molecule has 0 spiro atoms.